The van der Waals surface area contributed by atoms with Crippen LogP contribution in [0.4, 0.5) is 0 Å². The molecule has 2 heterocycles. The van der Waals surface area contributed by atoms with Crippen LogP contribution < -0.4 is 9.47 Å². The van der Waals surface area contributed by atoms with Gasteiger partial charge in [-0.1, -0.05) is 12.1 Å². The molecule has 0 saturated heterocycles. The van der Waals surface area contributed by atoms with E-state index in [1.54, 1.807) is 12.1 Å². The maximum atomic E-state index is 13.0. The Kier molecular flexibility index (Phi) is 4.20. The highest BCUT2D eigenvalue weighted by Gasteiger charge is 2.30. The highest BCUT2D eigenvalue weighted by Crippen LogP contribution is 2.36. The monoisotopic (exact) mass is 373 g/mol. The first-order chi connectivity index (χ1) is 12.4. The lowest BCUT2D eigenvalue weighted by Gasteiger charge is -2.30. The average Bonchev–Trinajstić information content (AvgIpc) is 2.66. The maximum absolute atomic E-state index is 13.0. The van der Waals surface area contributed by atoms with Crippen LogP contribution in [-0.2, 0) is 23.0 Å². The van der Waals surface area contributed by atoms with Crippen molar-refractivity contribution in [2.45, 2.75) is 24.8 Å². The molecule has 0 spiro atoms. The number of benzene rings is 2. The molecule has 0 aliphatic carbocycles. The summed E-state index contributed by atoms with van der Waals surface area (Å²) < 4.78 is 38.7. The summed E-state index contributed by atoms with van der Waals surface area (Å²) in [4.78, 5) is 11.7. The van der Waals surface area contributed by atoms with Crippen LogP contribution in [0.3, 0.4) is 0 Å². The van der Waals surface area contributed by atoms with Crippen LogP contribution in [0.25, 0.3) is 0 Å². The smallest absolute Gasteiger partial charge is 0.243 e. The minimum absolute atomic E-state index is 0.145. The summed E-state index contributed by atoms with van der Waals surface area (Å²) >= 11 is 0. The number of ketones is 1. The van der Waals surface area contributed by atoms with E-state index in [2.05, 4.69) is 0 Å². The van der Waals surface area contributed by atoms with E-state index < -0.39 is 10.0 Å². The van der Waals surface area contributed by atoms with Crippen LogP contribution in [0.5, 0.6) is 11.5 Å². The Balaban J connectivity index is 1.65. The first-order valence-corrected chi connectivity index (χ1v) is 9.92. The van der Waals surface area contributed by atoms with Crippen molar-refractivity contribution in [1.82, 2.24) is 4.31 Å². The van der Waals surface area contributed by atoms with E-state index in [1.807, 2.05) is 12.1 Å². The number of fused-ring (bicyclic) bond motifs is 2. The van der Waals surface area contributed by atoms with Gasteiger partial charge in [0.1, 0.15) is 13.2 Å². The summed E-state index contributed by atoms with van der Waals surface area (Å²) in [7, 11) is -3.67. The molecular formula is C19H19NO5S. The van der Waals surface area contributed by atoms with Crippen molar-refractivity contribution in [3.63, 3.8) is 0 Å². The normalized spacial score (nSPS) is 16.8. The van der Waals surface area contributed by atoms with Gasteiger partial charge in [0.25, 0.3) is 0 Å². The molecule has 6 nitrogen and oxygen atoms in total. The molecule has 136 valence electrons. The largest absolute Gasteiger partial charge is 0.486 e. The second-order valence-corrected chi connectivity index (χ2v) is 8.38. The van der Waals surface area contributed by atoms with Gasteiger partial charge in [0.15, 0.2) is 17.3 Å². The lowest BCUT2D eigenvalue weighted by Crippen LogP contribution is -2.36. The van der Waals surface area contributed by atoms with Crippen molar-refractivity contribution < 1.29 is 22.7 Å². The maximum Gasteiger partial charge on any atom is 0.243 e. The molecule has 7 heteroatoms. The molecule has 0 atom stereocenters. The number of nitrogens with zero attached hydrogens (tertiary/aromatic N) is 1. The van der Waals surface area contributed by atoms with Crippen LogP contribution >= 0.6 is 0 Å². The van der Waals surface area contributed by atoms with Gasteiger partial charge in [0.05, 0.1) is 4.90 Å². The lowest BCUT2D eigenvalue weighted by atomic mass is 10.00. The first-order valence-electron chi connectivity index (χ1n) is 8.48. The highest BCUT2D eigenvalue weighted by atomic mass is 32.2. The van der Waals surface area contributed by atoms with Crippen LogP contribution in [0, 0.1) is 0 Å². The Morgan fingerprint density at radius 1 is 1.04 bits per heavy atom. The second kappa shape index (κ2) is 6.41. The summed E-state index contributed by atoms with van der Waals surface area (Å²) in [6.07, 6.45) is 0.609. The second-order valence-electron chi connectivity index (χ2n) is 6.44. The van der Waals surface area contributed by atoms with E-state index in [4.69, 9.17) is 9.47 Å². The summed E-state index contributed by atoms with van der Waals surface area (Å²) in [6, 6.07) is 10.0. The number of hydrogen-bond donors (Lipinski definition) is 0. The van der Waals surface area contributed by atoms with Gasteiger partial charge in [-0.05, 0) is 48.7 Å². The number of hydrogen-bond acceptors (Lipinski definition) is 5. The number of Topliss-reactive ketones (excluding diaryl/α,β-unsaturated/α-hetero) is 1. The molecule has 4 rings (SSSR count). The molecule has 0 aromatic heterocycles. The van der Waals surface area contributed by atoms with E-state index in [-0.39, 0.29) is 17.2 Å². The zero-order chi connectivity index (χ0) is 18.3. The number of ether oxygens (including phenoxy) is 2. The molecule has 0 amide bonds. The first kappa shape index (κ1) is 17.1. The van der Waals surface area contributed by atoms with E-state index >= 15 is 0 Å². The Labute approximate surface area is 152 Å². The zero-order valence-electron chi connectivity index (χ0n) is 14.4. The third-order valence-corrected chi connectivity index (χ3v) is 6.56. The standard InChI is InChI=1S/C19H19NO5S/c1-13(21)14-3-2-4-17(9-14)26(22,23)20-6-5-15-10-18-19(11-16(15)12-20)25-8-7-24-18/h2-4,9-11H,5-8,12H2,1H3. The van der Waals surface area contributed by atoms with Gasteiger partial charge in [-0.15, -0.1) is 0 Å². The number of carbonyl (C=O) groups is 1. The van der Waals surface area contributed by atoms with Crippen LogP contribution in [0.2, 0.25) is 0 Å². The van der Waals surface area contributed by atoms with Gasteiger partial charge >= 0.3 is 0 Å². The van der Waals surface area contributed by atoms with Crippen LogP contribution in [0.1, 0.15) is 28.4 Å². The van der Waals surface area contributed by atoms with E-state index in [1.165, 1.54) is 23.4 Å². The number of carbonyl (C=O) groups excluding carboxylic acids is 1. The van der Waals surface area contributed by atoms with Gasteiger partial charge < -0.3 is 9.47 Å². The summed E-state index contributed by atoms with van der Waals surface area (Å²) in [5.41, 5.74) is 2.40. The van der Waals surface area contributed by atoms with E-state index in [9.17, 15) is 13.2 Å². The van der Waals surface area contributed by atoms with Crippen molar-refractivity contribution in [2.24, 2.45) is 0 Å². The molecule has 0 fully saturated rings. The molecule has 2 aliphatic heterocycles. The molecule has 0 radical (unpaired) electrons. The average molecular weight is 373 g/mol. The minimum Gasteiger partial charge on any atom is -0.486 e. The fraction of sp³-hybridized carbons (Fsp3) is 0.316. The molecule has 0 saturated carbocycles. The Hall–Kier alpha value is -2.38. The Morgan fingerprint density at radius 3 is 2.42 bits per heavy atom. The fourth-order valence-electron chi connectivity index (χ4n) is 3.30. The lowest BCUT2D eigenvalue weighted by molar-refractivity contribution is 0.101. The fourth-order valence-corrected chi connectivity index (χ4v) is 4.76. The molecule has 0 N–H and O–H groups in total. The van der Waals surface area contributed by atoms with Crippen LogP contribution in [0.15, 0.2) is 41.3 Å². The zero-order valence-corrected chi connectivity index (χ0v) is 15.2. The SMILES string of the molecule is CC(=O)c1cccc(S(=O)(=O)N2CCc3cc4c(cc3C2)OCCO4)c1. The van der Waals surface area contributed by atoms with Gasteiger partial charge in [-0.2, -0.15) is 4.31 Å². The quantitative estimate of drug-likeness (QED) is 0.773. The Bertz CT molecular complexity index is 983. The topological polar surface area (TPSA) is 72.9 Å². The highest BCUT2D eigenvalue weighted by molar-refractivity contribution is 7.89. The van der Waals surface area contributed by atoms with Crippen molar-refractivity contribution in [3.8, 4) is 11.5 Å². The summed E-state index contributed by atoms with van der Waals surface area (Å²) in [5, 5.41) is 0. The molecular weight excluding hydrogens is 354 g/mol. The van der Waals surface area contributed by atoms with Gasteiger partial charge in [-0.3, -0.25) is 4.79 Å². The minimum atomic E-state index is -3.67. The Morgan fingerprint density at radius 2 is 1.73 bits per heavy atom. The molecule has 0 unspecified atom stereocenters. The van der Waals surface area contributed by atoms with Crippen molar-refractivity contribution >= 4 is 15.8 Å². The molecule has 0 bridgehead atoms. The number of sulfonamides is 1. The molecule has 26 heavy (non-hydrogen) atoms. The van der Waals surface area contributed by atoms with Crippen LogP contribution in [-0.4, -0.2) is 38.3 Å². The number of rotatable bonds is 3. The molecule has 2 aromatic carbocycles. The van der Waals surface area contributed by atoms with Crippen molar-refractivity contribution in [1.29, 1.82) is 0 Å². The predicted molar refractivity (Wildman–Crippen MR) is 95.2 cm³/mol. The van der Waals surface area contributed by atoms with Crippen molar-refractivity contribution in [2.75, 3.05) is 19.8 Å². The van der Waals surface area contributed by atoms with Gasteiger partial charge in [0.2, 0.25) is 10.0 Å². The van der Waals surface area contributed by atoms with Gasteiger partial charge in [0, 0.05) is 18.7 Å². The van der Waals surface area contributed by atoms with Crippen molar-refractivity contribution in [3.05, 3.63) is 53.1 Å². The van der Waals surface area contributed by atoms with E-state index in [0.717, 1.165) is 16.9 Å². The third kappa shape index (κ3) is 2.97. The predicted octanol–water partition coefficient (Wildman–Crippen LogP) is 2.41. The van der Waals surface area contributed by atoms with Gasteiger partial charge in [-0.25, -0.2) is 8.42 Å². The summed E-state index contributed by atoms with van der Waals surface area (Å²) in [5.74, 6) is 1.23. The van der Waals surface area contributed by atoms with E-state index in [0.29, 0.717) is 37.5 Å². The molecule has 2 aromatic rings. The molecule has 2 aliphatic rings. The third-order valence-electron chi connectivity index (χ3n) is 4.72. The summed E-state index contributed by atoms with van der Waals surface area (Å²) in [6.45, 7) is 3.11.